The van der Waals surface area contributed by atoms with Gasteiger partial charge in [0.05, 0.1) is 6.04 Å². The summed E-state index contributed by atoms with van der Waals surface area (Å²) >= 11 is 0. The maximum atomic E-state index is 12.6. The number of hydrogen-bond acceptors (Lipinski definition) is 4. The highest BCUT2D eigenvalue weighted by Gasteiger charge is 2.29. The zero-order valence-electron chi connectivity index (χ0n) is 12.9. The van der Waals surface area contributed by atoms with Crippen LogP contribution in [0.2, 0.25) is 0 Å². The number of hydrogen-bond donors (Lipinski definition) is 1. The molecule has 118 valence electrons. The van der Waals surface area contributed by atoms with Gasteiger partial charge in [0, 0.05) is 38.6 Å². The van der Waals surface area contributed by atoms with Crippen molar-refractivity contribution in [2.24, 2.45) is 5.92 Å². The van der Waals surface area contributed by atoms with Crippen LogP contribution in [0.4, 0.5) is 0 Å². The minimum atomic E-state index is -3.47. The molecule has 1 unspecified atom stereocenters. The van der Waals surface area contributed by atoms with Crippen molar-refractivity contribution in [1.82, 2.24) is 18.9 Å². The molecule has 1 aromatic heterocycles. The lowest BCUT2D eigenvalue weighted by atomic mass is 9.99. The molecule has 1 aromatic rings. The highest BCUT2D eigenvalue weighted by molar-refractivity contribution is 7.87. The van der Waals surface area contributed by atoms with E-state index >= 15 is 0 Å². The molecule has 0 spiro atoms. The number of likely N-dealkylation sites (N-methyl/N-ethyl adjacent to an activating group) is 1. The lowest BCUT2D eigenvalue weighted by Crippen LogP contribution is -2.51. The van der Waals surface area contributed by atoms with Crippen molar-refractivity contribution in [1.29, 1.82) is 0 Å². The molecule has 1 atom stereocenters. The molecule has 2 rings (SSSR count). The monoisotopic (exact) mass is 312 g/mol. The fourth-order valence-corrected chi connectivity index (χ4v) is 3.93. The maximum Gasteiger partial charge on any atom is 0.280 e. The number of aromatic nitrogens is 1. The number of nitrogens with zero attached hydrogens (tertiary/aromatic N) is 3. The molecule has 2 heterocycles. The van der Waals surface area contributed by atoms with Gasteiger partial charge in [-0.3, -0.25) is 4.98 Å². The Balaban J connectivity index is 2.13. The average Bonchev–Trinajstić information content (AvgIpc) is 2.46. The van der Waals surface area contributed by atoms with E-state index in [-0.39, 0.29) is 12.0 Å². The summed E-state index contributed by atoms with van der Waals surface area (Å²) < 4.78 is 29.5. The lowest BCUT2D eigenvalue weighted by Gasteiger charge is -2.33. The molecule has 0 aliphatic carbocycles. The Kier molecular flexibility index (Phi) is 5.32. The van der Waals surface area contributed by atoms with Gasteiger partial charge in [-0.05, 0) is 24.6 Å². The predicted octanol–water partition coefficient (Wildman–Crippen LogP) is 0.861. The van der Waals surface area contributed by atoms with Crippen LogP contribution < -0.4 is 4.72 Å². The van der Waals surface area contributed by atoms with Gasteiger partial charge < -0.3 is 4.90 Å². The van der Waals surface area contributed by atoms with Crippen LogP contribution in [0.3, 0.4) is 0 Å². The summed E-state index contributed by atoms with van der Waals surface area (Å²) in [4.78, 5) is 6.22. The molecule has 0 amide bonds. The van der Waals surface area contributed by atoms with Crippen LogP contribution in [-0.4, -0.2) is 55.8 Å². The summed E-state index contributed by atoms with van der Waals surface area (Å²) in [5, 5.41) is 0. The van der Waals surface area contributed by atoms with Crippen molar-refractivity contribution < 1.29 is 8.42 Å². The van der Waals surface area contributed by atoms with E-state index in [1.807, 2.05) is 33.0 Å². The molecule has 1 N–H and O–H groups in total. The third-order valence-electron chi connectivity index (χ3n) is 3.79. The van der Waals surface area contributed by atoms with E-state index in [0.29, 0.717) is 13.1 Å². The van der Waals surface area contributed by atoms with Crippen molar-refractivity contribution >= 4 is 10.2 Å². The summed E-state index contributed by atoms with van der Waals surface area (Å²) in [6.45, 7) is 6.60. The number of rotatable bonds is 5. The van der Waals surface area contributed by atoms with Gasteiger partial charge in [0.15, 0.2) is 0 Å². The molecule has 7 heteroatoms. The minimum absolute atomic E-state index is 0.149. The highest BCUT2D eigenvalue weighted by Crippen LogP contribution is 2.22. The van der Waals surface area contributed by atoms with Crippen LogP contribution in [0.25, 0.3) is 0 Å². The van der Waals surface area contributed by atoms with Gasteiger partial charge in [0.25, 0.3) is 10.2 Å². The van der Waals surface area contributed by atoms with Crippen molar-refractivity contribution in [3.05, 3.63) is 30.1 Å². The van der Waals surface area contributed by atoms with Crippen molar-refractivity contribution in [3.63, 3.8) is 0 Å². The molecule has 6 nitrogen and oxygen atoms in total. The SMILES string of the molecule is CC(C)C(NS(=O)(=O)N1CCN(C)CC1)c1cccnc1. The summed E-state index contributed by atoms with van der Waals surface area (Å²) in [6.07, 6.45) is 3.41. The first-order valence-corrected chi connectivity index (χ1v) is 8.70. The van der Waals surface area contributed by atoms with E-state index in [9.17, 15) is 8.42 Å². The van der Waals surface area contributed by atoms with Crippen LogP contribution in [0.5, 0.6) is 0 Å². The van der Waals surface area contributed by atoms with Crippen LogP contribution in [-0.2, 0) is 10.2 Å². The fraction of sp³-hybridized carbons (Fsp3) is 0.643. The first-order valence-electron chi connectivity index (χ1n) is 7.26. The third kappa shape index (κ3) is 4.23. The molecule has 21 heavy (non-hydrogen) atoms. The van der Waals surface area contributed by atoms with Gasteiger partial charge in [0.2, 0.25) is 0 Å². The van der Waals surface area contributed by atoms with E-state index in [1.165, 1.54) is 4.31 Å². The van der Waals surface area contributed by atoms with E-state index in [1.54, 1.807) is 12.4 Å². The molecular formula is C14H24N4O2S. The van der Waals surface area contributed by atoms with Gasteiger partial charge in [-0.1, -0.05) is 19.9 Å². The topological polar surface area (TPSA) is 65.5 Å². The van der Waals surface area contributed by atoms with Gasteiger partial charge in [0.1, 0.15) is 0 Å². The molecule has 0 aromatic carbocycles. The maximum absolute atomic E-state index is 12.6. The van der Waals surface area contributed by atoms with Gasteiger partial charge in [-0.2, -0.15) is 17.4 Å². The lowest BCUT2D eigenvalue weighted by molar-refractivity contribution is 0.219. The Morgan fingerprint density at radius 1 is 1.24 bits per heavy atom. The summed E-state index contributed by atoms with van der Waals surface area (Å²) in [5.41, 5.74) is 0.894. The van der Waals surface area contributed by atoms with Crippen LogP contribution in [0, 0.1) is 5.92 Å². The first kappa shape index (κ1) is 16.4. The second kappa shape index (κ2) is 6.83. The summed E-state index contributed by atoms with van der Waals surface area (Å²) in [5.74, 6) is 0.149. The summed E-state index contributed by atoms with van der Waals surface area (Å²) in [6, 6.07) is 3.47. The summed E-state index contributed by atoms with van der Waals surface area (Å²) in [7, 11) is -1.47. The number of nitrogens with one attached hydrogen (secondary N) is 1. The predicted molar refractivity (Wildman–Crippen MR) is 82.9 cm³/mol. The van der Waals surface area contributed by atoms with Gasteiger partial charge >= 0.3 is 0 Å². The average molecular weight is 312 g/mol. The standard InChI is InChI=1S/C14H24N4O2S/c1-12(2)14(13-5-4-6-15-11-13)16-21(19,20)18-9-7-17(3)8-10-18/h4-6,11-12,14,16H,7-10H2,1-3H3. The van der Waals surface area contributed by atoms with Crippen molar-refractivity contribution in [2.45, 2.75) is 19.9 Å². The molecule has 0 radical (unpaired) electrons. The second-order valence-corrected chi connectivity index (χ2v) is 7.54. The Bertz CT molecular complexity index is 539. The van der Waals surface area contributed by atoms with Crippen LogP contribution in [0.15, 0.2) is 24.5 Å². The molecule has 0 bridgehead atoms. The second-order valence-electron chi connectivity index (χ2n) is 5.83. The minimum Gasteiger partial charge on any atom is -0.304 e. The Labute approximate surface area is 127 Å². The van der Waals surface area contributed by atoms with Crippen LogP contribution >= 0.6 is 0 Å². The molecule has 1 saturated heterocycles. The molecule has 0 saturated carbocycles. The molecular weight excluding hydrogens is 288 g/mol. The van der Waals surface area contributed by atoms with Crippen molar-refractivity contribution in [3.8, 4) is 0 Å². The van der Waals surface area contributed by atoms with Crippen LogP contribution in [0.1, 0.15) is 25.5 Å². The Hall–Kier alpha value is -1.02. The Morgan fingerprint density at radius 3 is 2.43 bits per heavy atom. The highest BCUT2D eigenvalue weighted by atomic mass is 32.2. The fourth-order valence-electron chi connectivity index (χ4n) is 2.41. The molecule has 1 fully saturated rings. The molecule has 1 aliphatic rings. The zero-order chi connectivity index (χ0) is 15.5. The van der Waals surface area contributed by atoms with Crippen molar-refractivity contribution in [2.75, 3.05) is 33.2 Å². The van der Waals surface area contributed by atoms with E-state index in [2.05, 4.69) is 14.6 Å². The number of piperazine rings is 1. The van der Waals surface area contributed by atoms with E-state index in [4.69, 9.17) is 0 Å². The smallest absolute Gasteiger partial charge is 0.280 e. The van der Waals surface area contributed by atoms with Gasteiger partial charge in [-0.15, -0.1) is 0 Å². The normalized spacial score (nSPS) is 19.8. The third-order valence-corrected chi connectivity index (χ3v) is 5.39. The Morgan fingerprint density at radius 2 is 1.90 bits per heavy atom. The van der Waals surface area contributed by atoms with E-state index in [0.717, 1.165) is 18.7 Å². The quantitative estimate of drug-likeness (QED) is 0.876. The number of pyridine rings is 1. The zero-order valence-corrected chi connectivity index (χ0v) is 13.7. The largest absolute Gasteiger partial charge is 0.304 e. The first-order chi connectivity index (χ1) is 9.90. The molecule has 1 aliphatic heterocycles. The van der Waals surface area contributed by atoms with E-state index < -0.39 is 10.2 Å². The van der Waals surface area contributed by atoms with Gasteiger partial charge in [-0.25, -0.2) is 0 Å².